The van der Waals surface area contributed by atoms with Crippen molar-refractivity contribution < 1.29 is 4.79 Å². The summed E-state index contributed by atoms with van der Waals surface area (Å²) in [7, 11) is 0. The van der Waals surface area contributed by atoms with Gasteiger partial charge in [0.25, 0.3) is 0 Å². The Hall–Kier alpha value is -2.32. The van der Waals surface area contributed by atoms with E-state index in [0.29, 0.717) is 16.8 Å². The Kier molecular flexibility index (Phi) is 5.10. The summed E-state index contributed by atoms with van der Waals surface area (Å²) >= 11 is 2.95. The first-order valence-corrected chi connectivity index (χ1v) is 9.55. The summed E-state index contributed by atoms with van der Waals surface area (Å²) in [4.78, 5) is 22.1. The summed E-state index contributed by atoms with van der Waals surface area (Å²) in [5, 5.41) is 2.47. The molecule has 8 heteroatoms. The molecule has 6 nitrogen and oxygen atoms in total. The number of aryl methyl sites for hydroxylation is 1. The van der Waals surface area contributed by atoms with Crippen LogP contribution < -0.4 is 11.5 Å². The quantitative estimate of drug-likeness (QED) is 0.391. The Labute approximate surface area is 154 Å². The van der Waals surface area contributed by atoms with Crippen LogP contribution in [-0.2, 0) is 6.54 Å². The first-order chi connectivity index (χ1) is 11.9. The van der Waals surface area contributed by atoms with Crippen LogP contribution in [0.5, 0.6) is 0 Å². The molecule has 0 atom stereocenters. The summed E-state index contributed by atoms with van der Waals surface area (Å²) < 4.78 is 2.17. The first kappa shape index (κ1) is 17.5. The van der Waals surface area contributed by atoms with Crippen molar-refractivity contribution in [1.29, 1.82) is 0 Å². The third-order valence-corrected chi connectivity index (χ3v) is 5.55. The van der Waals surface area contributed by atoms with E-state index in [1.165, 1.54) is 22.7 Å². The van der Waals surface area contributed by atoms with Crippen LogP contribution in [0.2, 0.25) is 0 Å². The molecule has 0 bridgehead atoms. The highest BCUT2D eigenvalue weighted by atomic mass is 32.2. The number of rotatable bonds is 6. The number of thiophene rings is 1. The van der Waals surface area contributed by atoms with Crippen LogP contribution in [0.4, 0.5) is 11.6 Å². The van der Waals surface area contributed by atoms with Crippen molar-refractivity contribution in [3.05, 3.63) is 51.5 Å². The third-order valence-electron chi connectivity index (χ3n) is 3.85. The number of hydrogen-bond acceptors (Lipinski definition) is 7. The van der Waals surface area contributed by atoms with Crippen molar-refractivity contribution in [3.63, 3.8) is 0 Å². The minimum atomic E-state index is 0.0418. The lowest BCUT2D eigenvalue weighted by Gasteiger charge is -2.08. The molecule has 3 heterocycles. The molecule has 130 valence electrons. The van der Waals surface area contributed by atoms with Gasteiger partial charge in [-0.2, -0.15) is 0 Å². The minimum Gasteiger partial charge on any atom is -0.383 e. The Morgan fingerprint density at radius 1 is 1.24 bits per heavy atom. The molecule has 4 N–H and O–H groups in total. The molecular formula is C17H19N5OS2. The average molecular weight is 374 g/mol. The molecule has 3 aromatic rings. The standard InChI is InChI=1S/C17H19N5OS2/c1-10-6-13(11(2)22(10)8-12-4-3-5-24-12)14(23)9-25-17-20-15(18)7-16(19)21-17/h3-7H,8-9H2,1-2H3,(H4,18,19,20,21). The topological polar surface area (TPSA) is 99.8 Å². The van der Waals surface area contributed by atoms with Crippen LogP contribution in [0, 0.1) is 13.8 Å². The van der Waals surface area contributed by atoms with Crippen LogP contribution in [-0.4, -0.2) is 26.1 Å². The predicted molar refractivity (Wildman–Crippen MR) is 103 cm³/mol. The number of hydrogen-bond donors (Lipinski definition) is 2. The zero-order valence-corrected chi connectivity index (χ0v) is 15.7. The van der Waals surface area contributed by atoms with Crippen molar-refractivity contribution in [2.24, 2.45) is 0 Å². The van der Waals surface area contributed by atoms with Crippen molar-refractivity contribution in [1.82, 2.24) is 14.5 Å². The van der Waals surface area contributed by atoms with Gasteiger partial charge in [0.15, 0.2) is 10.9 Å². The second-order valence-corrected chi connectivity index (χ2v) is 7.64. The van der Waals surface area contributed by atoms with Gasteiger partial charge in [0.1, 0.15) is 11.6 Å². The van der Waals surface area contributed by atoms with E-state index in [2.05, 4.69) is 26.0 Å². The fourth-order valence-electron chi connectivity index (χ4n) is 2.62. The van der Waals surface area contributed by atoms with E-state index in [1.807, 2.05) is 26.0 Å². The van der Waals surface area contributed by atoms with Crippen LogP contribution in [0.25, 0.3) is 0 Å². The molecule has 0 saturated heterocycles. The first-order valence-electron chi connectivity index (χ1n) is 7.69. The number of carbonyl (C=O) groups is 1. The van der Waals surface area contributed by atoms with Crippen molar-refractivity contribution in [3.8, 4) is 0 Å². The molecule has 25 heavy (non-hydrogen) atoms. The number of Topliss-reactive ketones (excluding diaryl/α,β-unsaturated/α-hetero) is 1. The summed E-state index contributed by atoms with van der Waals surface area (Å²) in [6.45, 7) is 4.78. The lowest BCUT2D eigenvalue weighted by atomic mass is 10.2. The number of ketones is 1. The highest BCUT2D eigenvalue weighted by Gasteiger charge is 2.17. The predicted octanol–water partition coefficient (Wildman–Crippen LogP) is 3.14. The summed E-state index contributed by atoms with van der Waals surface area (Å²) in [5.74, 6) is 0.889. The summed E-state index contributed by atoms with van der Waals surface area (Å²) in [5.41, 5.74) is 14.1. The van der Waals surface area contributed by atoms with E-state index in [1.54, 1.807) is 11.3 Å². The van der Waals surface area contributed by atoms with Crippen molar-refractivity contribution in [2.75, 3.05) is 17.2 Å². The monoisotopic (exact) mass is 373 g/mol. The molecule has 3 rings (SSSR count). The molecule has 0 saturated carbocycles. The van der Waals surface area contributed by atoms with Gasteiger partial charge in [0.2, 0.25) is 0 Å². The van der Waals surface area contributed by atoms with Crippen LogP contribution in [0.3, 0.4) is 0 Å². The normalized spacial score (nSPS) is 11.0. The molecule has 0 unspecified atom stereocenters. The van der Waals surface area contributed by atoms with Crippen LogP contribution in [0.15, 0.2) is 34.8 Å². The molecule has 0 aliphatic rings. The van der Waals surface area contributed by atoms with Gasteiger partial charge in [-0.3, -0.25) is 4.79 Å². The van der Waals surface area contributed by atoms with Gasteiger partial charge in [-0.25, -0.2) is 9.97 Å². The third kappa shape index (κ3) is 4.02. The molecule has 0 spiro atoms. The highest BCUT2D eigenvalue weighted by molar-refractivity contribution is 7.99. The van der Waals surface area contributed by atoms with Gasteiger partial charge in [-0.15, -0.1) is 11.3 Å². The van der Waals surface area contributed by atoms with Crippen molar-refractivity contribution in [2.45, 2.75) is 25.5 Å². The molecule has 0 aromatic carbocycles. The molecule has 0 radical (unpaired) electrons. The van der Waals surface area contributed by atoms with Crippen molar-refractivity contribution >= 4 is 40.5 Å². The fourth-order valence-corrected chi connectivity index (χ4v) is 4.07. The van der Waals surface area contributed by atoms with Gasteiger partial charge in [0.05, 0.1) is 12.3 Å². The average Bonchev–Trinajstić information content (AvgIpc) is 3.15. The Balaban J connectivity index is 1.74. The number of nitrogen functional groups attached to an aromatic ring is 2. The SMILES string of the molecule is Cc1cc(C(=O)CSc2nc(N)cc(N)n2)c(C)n1Cc1cccs1. The van der Waals surface area contributed by atoms with Gasteiger partial charge in [-0.05, 0) is 31.4 Å². The number of carbonyl (C=O) groups excluding carboxylic acids is 1. The highest BCUT2D eigenvalue weighted by Crippen LogP contribution is 2.23. The largest absolute Gasteiger partial charge is 0.383 e. The zero-order valence-electron chi connectivity index (χ0n) is 14.0. The summed E-state index contributed by atoms with van der Waals surface area (Å²) in [6.07, 6.45) is 0. The van der Waals surface area contributed by atoms with Gasteiger partial charge >= 0.3 is 0 Å². The van der Waals surface area contributed by atoms with E-state index < -0.39 is 0 Å². The number of nitrogens with two attached hydrogens (primary N) is 2. The number of thioether (sulfide) groups is 1. The lowest BCUT2D eigenvalue weighted by Crippen LogP contribution is -2.08. The van der Waals surface area contributed by atoms with E-state index in [0.717, 1.165) is 23.5 Å². The maximum absolute atomic E-state index is 12.6. The second kappa shape index (κ2) is 7.28. The van der Waals surface area contributed by atoms with Gasteiger partial charge in [0, 0.05) is 27.9 Å². The van der Waals surface area contributed by atoms with E-state index in [9.17, 15) is 4.79 Å². The zero-order chi connectivity index (χ0) is 18.0. The Bertz CT molecular complexity index is 882. The van der Waals surface area contributed by atoms with Gasteiger partial charge < -0.3 is 16.0 Å². The van der Waals surface area contributed by atoms with E-state index >= 15 is 0 Å². The maximum Gasteiger partial charge on any atom is 0.191 e. The Morgan fingerprint density at radius 3 is 2.60 bits per heavy atom. The lowest BCUT2D eigenvalue weighted by molar-refractivity contribution is 0.102. The van der Waals surface area contributed by atoms with Crippen LogP contribution >= 0.6 is 23.1 Å². The number of aromatic nitrogens is 3. The number of nitrogens with zero attached hydrogens (tertiary/aromatic N) is 3. The fraction of sp³-hybridized carbons (Fsp3) is 0.235. The number of anilines is 2. The summed E-state index contributed by atoms with van der Waals surface area (Å²) in [6, 6.07) is 7.57. The van der Waals surface area contributed by atoms with E-state index in [4.69, 9.17) is 11.5 Å². The maximum atomic E-state index is 12.6. The Morgan fingerprint density at radius 2 is 1.96 bits per heavy atom. The molecule has 0 aliphatic heterocycles. The molecule has 0 aliphatic carbocycles. The molecular weight excluding hydrogens is 354 g/mol. The molecule has 0 fully saturated rings. The van der Waals surface area contributed by atoms with Crippen LogP contribution in [0.1, 0.15) is 26.6 Å². The smallest absolute Gasteiger partial charge is 0.191 e. The second-order valence-electron chi connectivity index (χ2n) is 5.66. The molecule has 0 amide bonds. The van der Waals surface area contributed by atoms with Gasteiger partial charge in [-0.1, -0.05) is 17.8 Å². The minimum absolute atomic E-state index is 0.0418. The van der Waals surface area contributed by atoms with E-state index in [-0.39, 0.29) is 11.5 Å². The molecule has 3 aromatic heterocycles.